The average Bonchev–Trinajstić information content (AvgIpc) is 2.13. The molecule has 0 fully saturated rings. The Morgan fingerprint density at radius 1 is 0.583 bits per heavy atom. The summed E-state index contributed by atoms with van der Waals surface area (Å²) in [6.45, 7) is 9.59. The standard InChI is InChI=1S/C10H26Si2/c1-5-11(6-2)9-10-12(7-3)8-4/h11-12H,5-10H2,1-4H3. The van der Waals surface area contributed by atoms with Crippen molar-refractivity contribution in [3.05, 3.63) is 0 Å². The molecule has 0 aromatic rings. The van der Waals surface area contributed by atoms with Crippen molar-refractivity contribution in [2.75, 3.05) is 0 Å². The molecular weight excluding hydrogens is 176 g/mol. The first-order valence-corrected chi connectivity index (χ1v) is 10.7. The Bertz CT molecular complexity index is 73.8. The first-order chi connectivity index (χ1) is 5.78. The first-order valence-electron chi connectivity index (χ1n) is 5.78. The van der Waals surface area contributed by atoms with Gasteiger partial charge in [0.05, 0.1) is 0 Å². The van der Waals surface area contributed by atoms with E-state index in [0.29, 0.717) is 0 Å². The second-order valence-electron chi connectivity index (χ2n) is 3.94. The molecule has 0 radical (unpaired) electrons. The van der Waals surface area contributed by atoms with E-state index in [2.05, 4.69) is 27.7 Å². The molecule has 0 nitrogen and oxygen atoms in total. The van der Waals surface area contributed by atoms with E-state index in [9.17, 15) is 0 Å². The lowest BCUT2D eigenvalue weighted by Gasteiger charge is -2.14. The molecule has 0 spiro atoms. The zero-order valence-corrected chi connectivity index (χ0v) is 11.7. The second kappa shape index (κ2) is 8.05. The molecule has 0 aliphatic carbocycles. The van der Waals surface area contributed by atoms with Gasteiger partial charge in [-0.3, -0.25) is 0 Å². The summed E-state index contributed by atoms with van der Waals surface area (Å²) in [4.78, 5) is 0. The lowest BCUT2D eigenvalue weighted by Crippen LogP contribution is -2.15. The normalized spacial score (nSPS) is 11.5. The largest absolute Gasteiger partial charge is 0.0680 e. The summed E-state index contributed by atoms with van der Waals surface area (Å²) >= 11 is 0. The van der Waals surface area contributed by atoms with Crippen LogP contribution in [0.25, 0.3) is 0 Å². The zero-order valence-electron chi connectivity index (χ0n) is 9.40. The Kier molecular flexibility index (Phi) is 8.34. The molecule has 74 valence electrons. The zero-order chi connectivity index (χ0) is 9.40. The van der Waals surface area contributed by atoms with Crippen molar-refractivity contribution in [2.45, 2.75) is 64.0 Å². The van der Waals surface area contributed by atoms with Crippen molar-refractivity contribution in [1.29, 1.82) is 0 Å². The van der Waals surface area contributed by atoms with Crippen LogP contribution < -0.4 is 0 Å². The Hall–Kier alpha value is 0.434. The van der Waals surface area contributed by atoms with Crippen molar-refractivity contribution in [3.8, 4) is 0 Å². The summed E-state index contributed by atoms with van der Waals surface area (Å²) in [6, 6.07) is 9.45. The van der Waals surface area contributed by atoms with Gasteiger partial charge in [0.2, 0.25) is 0 Å². The van der Waals surface area contributed by atoms with Crippen LogP contribution in [0.15, 0.2) is 0 Å². The fraction of sp³-hybridized carbons (Fsp3) is 1.00. The monoisotopic (exact) mass is 202 g/mol. The van der Waals surface area contributed by atoms with Gasteiger partial charge in [-0.05, 0) is 0 Å². The van der Waals surface area contributed by atoms with Gasteiger partial charge in [-0.15, -0.1) is 0 Å². The third-order valence-corrected chi connectivity index (χ3v) is 10.9. The highest BCUT2D eigenvalue weighted by Gasteiger charge is 2.10. The Morgan fingerprint density at radius 2 is 0.833 bits per heavy atom. The van der Waals surface area contributed by atoms with Crippen LogP contribution in [-0.4, -0.2) is 17.6 Å². The number of rotatable bonds is 7. The van der Waals surface area contributed by atoms with Gasteiger partial charge in [-0.25, -0.2) is 0 Å². The molecule has 0 aliphatic heterocycles. The van der Waals surface area contributed by atoms with Gasteiger partial charge in [-0.1, -0.05) is 64.0 Å². The molecule has 0 amide bonds. The van der Waals surface area contributed by atoms with E-state index in [1.165, 1.54) is 24.2 Å². The Balaban J connectivity index is 3.49. The summed E-state index contributed by atoms with van der Waals surface area (Å²) in [5.41, 5.74) is 0. The summed E-state index contributed by atoms with van der Waals surface area (Å²) in [7, 11) is -0.483. The minimum absolute atomic E-state index is 0.241. The SMILES string of the molecule is CC[SiH](CC)CC[SiH](CC)CC. The van der Waals surface area contributed by atoms with Crippen LogP contribution in [0.1, 0.15) is 27.7 Å². The molecule has 2 heteroatoms. The molecule has 0 aromatic carbocycles. The molecule has 0 aromatic heterocycles. The molecule has 0 unspecified atom stereocenters. The lowest BCUT2D eigenvalue weighted by molar-refractivity contribution is 1.18. The van der Waals surface area contributed by atoms with Crippen LogP contribution in [0.3, 0.4) is 0 Å². The highest BCUT2D eigenvalue weighted by molar-refractivity contribution is 6.64. The molecule has 0 heterocycles. The Labute approximate surface area is 82.0 Å². The van der Waals surface area contributed by atoms with E-state index in [1.807, 2.05) is 0 Å². The van der Waals surface area contributed by atoms with Gasteiger partial charge < -0.3 is 0 Å². The van der Waals surface area contributed by atoms with E-state index in [0.717, 1.165) is 0 Å². The van der Waals surface area contributed by atoms with Crippen molar-refractivity contribution < 1.29 is 0 Å². The third-order valence-electron chi connectivity index (χ3n) is 3.29. The van der Waals surface area contributed by atoms with Crippen molar-refractivity contribution in [2.24, 2.45) is 0 Å². The fourth-order valence-corrected chi connectivity index (χ4v) is 8.42. The van der Waals surface area contributed by atoms with Crippen LogP contribution in [0.5, 0.6) is 0 Å². The maximum absolute atomic E-state index is 2.40. The van der Waals surface area contributed by atoms with Crippen LogP contribution in [0, 0.1) is 0 Å². The molecule has 0 atom stereocenters. The summed E-state index contributed by atoms with van der Waals surface area (Å²) < 4.78 is 0. The molecule has 0 rings (SSSR count). The minimum atomic E-state index is -0.241. The summed E-state index contributed by atoms with van der Waals surface area (Å²) in [5.74, 6) is 0. The average molecular weight is 202 g/mol. The second-order valence-corrected chi connectivity index (χ2v) is 11.8. The van der Waals surface area contributed by atoms with Crippen LogP contribution in [0.4, 0.5) is 0 Å². The van der Waals surface area contributed by atoms with Crippen LogP contribution in [-0.2, 0) is 0 Å². The molecular formula is C10H26Si2. The smallest absolute Gasteiger partial charge is 0.0359 e. The minimum Gasteiger partial charge on any atom is -0.0680 e. The Morgan fingerprint density at radius 3 is 1.00 bits per heavy atom. The van der Waals surface area contributed by atoms with Gasteiger partial charge in [0.1, 0.15) is 0 Å². The van der Waals surface area contributed by atoms with Gasteiger partial charge in [0.15, 0.2) is 0 Å². The summed E-state index contributed by atoms with van der Waals surface area (Å²) in [6.07, 6.45) is 0. The highest BCUT2D eigenvalue weighted by atomic mass is 28.3. The predicted molar refractivity (Wildman–Crippen MR) is 65.8 cm³/mol. The van der Waals surface area contributed by atoms with Crippen molar-refractivity contribution in [3.63, 3.8) is 0 Å². The predicted octanol–water partition coefficient (Wildman–Crippen LogP) is 3.52. The molecule has 12 heavy (non-hydrogen) atoms. The van der Waals surface area contributed by atoms with E-state index in [4.69, 9.17) is 0 Å². The third kappa shape index (κ3) is 5.15. The quantitative estimate of drug-likeness (QED) is 0.554. The number of hydrogen-bond acceptors (Lipinski definition) is 0. The van der Waals surface area contributed by atoms with E-state index >= 15 is 0 Å². The lowest BCUT2D eigenvalue weighted by atomic mass is 10.9. The van der Waals surface area contributed by atoms with Crippen LogP contribution in [0.2, 0.25) is 36.3 Å². The summed E-state index contributed by atoms with van der Waals surface area (Å²) in [5, 5.41) is 0. The maximum Gasteiger partial charge on any atom is 0.0359 e. The van der Waals surface area contributed by atoms with E-state index in [1.54, 1.807) is 12.1 Å². The molecule has 0 N–H and O–H groups in total. The van der Waals surface area contributed by atoms with Crippen molar-refractivity contribution >= 4 is 17.6 Å². The molecule has 0 saturated carbocycles. The van der Waals surface area contributed by atoms with Gasteiger partial charge in [-0.2, -0.15) is 0 Å². The van der Waals surface area contributed by atoms with Gasteiger partial charge >= 0.3 is 0 Å². The van der Waals surface area contributed by atoms with E-state index in [-0.39, 0.29) is 17.6 Å². The van der Waals surface area contributed by atoms with Gasteiger partial charge in [0.25, 0.3) is 0 Å². The van der Waals surface area contributed by atoms with Crippen molar-refractivity contribution in [1.82, 2.24) is 0 Å². The molecule has 0 saturated heterocycles. The number of hydrogen-bond donors (Lipinski definition) is 0. The molecule has 0 aliphatic rings. The van der Waals surface area contributed by atoms with E-state index < -0.39 is 0 Å². The fourth-order valence-electron chi connectivity index (χ4n) is 1.87. The topological polar surface area (TPSA) is 0 Å². The first kappa shape index (κ1) is 12.4. The maximum atomic E-state index is 2.40. The van der Waals surface area contributed by atoms with Crippen LogP contribution >= 0.6 is 0 Å². The highest BCUT2D eigenvalue weighted by Crippen LogP contribution is 2.14. The van der Waals surface area contributed by atoms with Gasteiger partial charge in [0, 0.05) is 17.6 Å². The molecule has 0 bridgehead atoms.